The van der Waals surface area contributed by atoms with Crippen LogP contribution in [0.25, 0.3) is 22.4 Å². The van der Waals surface area contributed by atoms with E-state index < -0.39 is 5.56 Å². The zero-order chi connectivity index (χ0) is 21.5. The number of hydrogen-bond donors (Lipinski definition) is 3. The number of rotatable bonds is 3. The lowest BCUT2D eigenvalue weighted by molar-refractivity contribution is 0.0652. The molecule has 0 aliphatic carbocycles. The molecule has 1 aliphatic rings. The van der Waals surface area contributed by atoms with Gasteiger partial charge in [-0.25, -0.2) is 4.98 Å². The number of benzene rings is 2. The number of carbonyl (C=O) groups excluding carboxylic acids is 1. The molecule has 0 unspecified atom stereocenters. The van der Waals surface area contributed by atoms with Crippen molar-refractivity contribution in [3.8, 4) is 0 Å². The smallest absolute Gasteiger partial charge is 0.276 e. The quantitative estimate of drug-likeness (QED) is 0.621. The van der Waals surface area contributed by atoms with Crippen LogP contribution in [-0.2, 0) is 0 Å². The van der Waals surface area contributed by atoms with Gasteiger partial charge in [0.15, 0.2) is 5.69 Å². The van der Waals surface area contributed by atoms with Gasteiger partial charge in [-0.1, -0.05) is 24.3 Å². The largest absolute Gasteiger partial charge is 0.397 e. The first-order valence-corrected chi connectivity index (χ1v) is 9.95. The lowest BCUT2D eigenvalue weighted by atomic mass is 10.0. The molecule has 1 saturated heterocycles. The monoisotopic (exact) mass is 403 g/mol. The first kappa shape index (κ1) is 19.7. The van der Waals surface area contributed by atoms with Crippen molar-refractivity contribution in [3.05, 3.63) is 75.7 Å². The normalized spacial score (nSPS) is 16.5. The van der Waals surface area contributed by atoms with E-state index in [1.54, 1.807) is 36.4 Å². The summed E-state index contributed by atoms with van der Waals surface area (Å²) in [6, 6.07) is 14.2. The zero-order valence-corrected chi connectivity index (χ0v) is 17.1. The molecule has 1 fully saturated rings. The second-order valence-electron chi connectivity index (χ2n) is 8.21. The number of fused-ring (bicyclic) bond motifs is 1. The maximum Gasteiger partial charge on any atom is 0.276 e. The van der Waals surface area contributed by atoms with Crippen LogP contribution in [0.1, 0.15) is 48.3 Å². The van der Waals surface area contributed by atoms with E-state index >= 15 is 0 Å². The molecular formula is C23H25N5O2. The van der Waals surface area contributed by atoms with E-state index in [0.717, 1.165) is 19.4 Å². The van der Waals surface area contributed by atoms with Crippen molar-refractivity contribution in [1.82, 2.24) is 14.9 Å². The van der Waals surface area contributed by atoms with Gasteiger partial charge in [0.1, 0.15) is 0 Å². The third-order valence-corrected chi connectivity index (χ3v) is 5.71. The summed E-state index contributed by atoms with van der Waals surface area (Å²) < 4.78 is 0. The van der Waals surface area contributed by atoms with Gasteiger partial charge in [-0.15, -0.1) is 0 Å². The number of nitrogens with zero attached hydrogens (tertiary/aromatic N) is 2. The fraction of sp³-hybridized carbons (Fsp3) is 0.261. The fourth-order valence-corrected chi connectivity index (χ4v) is 3.95. The average Bonchev–Trinajstić information content (AvgIpc) is 3.10. The van der Waals surface area contributed by atoms with Crippen LogP contribution < -0.4 is 17.0 Å². The standard InChI is InChI=1S/C23H25N5O2/c1-23(2)11-6-12-28(23)22(30)15-8-5-7-14(13-15)18(24)19(25)20-21(29)27-17-10-4-3-9-16(17)26-20/h3-5,7-10,13H,6,11-12,24-25H2,1-2H3,(H,27,29)/b19-18+. The van der Waals surface area contributed by atoms with Crippen LogP contribution in [0.3, 0.4) is 0 Å². The lowest BCUT2D eigenvalue weighted by Crippen LogP contribution is -2.42. The highest BCUT2D eigenvalue weighted by atomic mass is 16.2. The predicted octanol–water partition coefficient (Wildman–Crippen LogP) is 2.68. The second kappa shape index (κ2) is 7.33. The molecule has 7 heteroatoms. The van der Waals surface area contributed by atoms with Crippen molar-refractivity contribution in [2.24, 2.45) is 11.5 Å². The van der Waals surface area contributed by atoms with Crippen molar-refractivity contribution in [3.63, 3.8) is 0 Å². The number of para-hydroxylation sites is 2. The summed E-state index contributed by atoms with van der Waals surface area (Å²) >= 11 is 0. The molecule has 0 saturated carbocycles. The van der Waals surface area contributed by atoms with Gasteiger partial charge in [-0.3, -0.25) is 9.59 Å². The summed E-state index contributed by atoms with van der Waals surface area (Å²) in [7, 11) is 0. The molecule has 2 aromatic carbocycles. The highest BCUT2D eigenvalue weighted by molar-refractivity contribution is 5.97. The third kappa shape index (κ3) is 3.43. The minimum atomic E-state index is -0.416. The van der Waals surface area contributed by atoms with Crippen LogP contribution in [0.5, 0.6) is 0 Å². The number of aromatic nitrogens is 2. The Balaban J connectivity index is 1.73. The van der Waals surface area contributed by atoms with E-state index in [-0.39, 0.29) is 28.5 Å². The Kier molecular flexibility index (Phi) is 4.81. The predicted molar refractivity (Wildman–Crippen MR) is 118 cm³/mol. The van der Waals surface area contributed by atoms with Gasteiger partial charge in [-0.2, -0.15) is 0 Å². The molecule has 30 heavy (non-hydrogen) atoms. The summed E-state index contributed by atoms with van der Waals surface area (Å²) in [5, 5.41) is 0. The van der Waals surface area contributed by atoms with E-state index in [4.69, 9.17) is 11.5 Å². The summed E-state index contributed by atoms with van der Waals surface area (Å²) in [6.45, 7) is 4.89. The van der Waals surface area contributed by atoms with Crippen LogP contribution in [0.2, 0.25) is 0 Å². The summed E-state index contributed by atoms with van der Waals surface area (Å²) in [6.07, 6.45) is 1.97. The Morgan fingerprint density at radius 1 is 1.07 bits per heavy atom. The van der Waals surface area contributed by atoms with Gasteiger partial charge < -0.3 is 21.4 Å². The molecule has 7 nitrogen and oxygen atoms in total. The SMILES string of the molecule is CC1(C)CCCN1C(=O)c1cccc(/C(N)=C(\N)c2nc3ccccc3[nH]c2=O)c1. The molecule has 0 radical (unpaired) electrons. The molecule has 5 N–H and O–H groups in total. The molecular weight excluding hydrogens is 378 g/mol. The fourth-order valence-electron chi connectivity index (χ4n) is 3.95. The molecule has 2 heterocycles. The van der Waals surface area contributed by atoms with Crippen LogP contribution >= 0.6 is 0 Å². The number of nitrogens with one attached hydrogen (secondary N) is 1. The van der Waals surface area contributed by atoms with E-state index in [9.17, 15) is 9.59 Å². The minimum absolute atomic E-state index is 0.0348. The van der Waals surface area contributed by atoms with Gasteiger partial charge in [0.2, 0.25) is 0 Å². The zero-order valence-electron chi connectivity index (χ0n) is 17.1. The van der Waals surface area contributed by atoms with Crippen molar-refractivity contribution in [2.75, 3.05) is 6.54 Å². The Hall–Kier alpha value is -3.61. The maximum atomic E-state index is 13.0. The molecule has 154 valence electrons. The number of likely N-dealkylation sites (tertiary alicyclic amines) is 1. The van der Waals surface area contributed by atoms with Gasteiger partial charge >= 0.3 is 0 Å². The van der Waals surface area contributed by atoms with Gasteiger partial charge in [0.25, 0.3) is 11.5 Å². The number of hydrogen-bond acceptors (Lipinski definition) is 5. The Labute approximate surface area is 174 Å². The van der Waals surface area contributed by atoms with E-state index in [1.807, 2.05) is 17.0 Å². The number of nitrogens with two attached hydrogens (primary N) is 2. The van der Waals surface area contributed by atoms with Crippen molar-refractivity contribution >= 4 is 28.3 Å². The van der Waals surface area contributed by atoms with Crippen molar-refractivity contribution < 1.29 is 4.79 Å². The Bertz CT molecular complexity index is 1230. The first-order valence-electron chi connectivity index (χ1n) is 9.95. The topological polar surface area (TPSA) is 118 Å². The molecule has 1 aliphatic heterocycles. The molecule has 1 aromatic heterocycles. The van der Waals surface area contributed by atoms with Crippen LogP contribution in [-0.4, -0.2) is 32.9 Å². The van der Waals surface area contributed by atoms with E-state index in [0.29, 0.717) is 22.2 Å². The number of aromatic amines is 1. The number of carbonyl (C=O) groups is 1. The molecule has 3 aromatic rings. The highest BCUT2D eigenvalue weighted by Crippen LogP contribution is 2.30. The maximum absolute atomic E-state index is 13.0. The van der Waals surface area contributed by atoms with Crippen LogP contribution in [0.15, 0.2) is 53.3 Å². The summed E-state index contributed by atoms with van der Waals surface area (Å²) in [4.78, 5) is 34.6. The third-order valence-electron chi connectivity index (χ3n) is 5.71. The molecule has 0 bridgehead atoms. The molecule has 4 rings (SSSR count). The van der Waals surface area contributed by atoms with Gasteiger partial charge in [0, 0.05) is 23.2 Å². The van der Waals surface area contributed by atoms with Gasteiger partial charge in [0.05, 0.1) is 22.4 Å². The Morgan fingerprint density at radius 2 is 1.80 bits per heavy atom. The first-order chi connectivity index (χ1) is 14.3. The second-order valence-corrected chi connectivity index (χ2v) is 8.21. The van der Waals surface area contributed by atoms with Crippen molar-refractivity contribution in [2.45, 2.75) is 32.2 Å². The molecule has 0 atom stereocenters. The van der Waals surface area contributed by atoms with Crippen molar-refractivity contribution in [1.29, 1.82) is 0 Å². The number of amides is 1. The minimum Gasteiger partial charge on any atom is -0.397 e. The van der Waals surface area contributed by atoms with E-state index in [2.05, 4.69) is 23.8 Å². The average molecular weight is 403 g/mol. The number of H-pyrrole nitrogens is 1. The Morgan fingerprint density at radius 3 is 2.53 bits per heavy atom. The molecule has 1 amide bonds. The van der Waals surface area contributed by atoms with Gasteiger partial charge in [-0.05, 0) is 51.0 Å². The van der Waals surface area contributed by atoms with E-state index in [1.165, 1.54) is 0 Å². The van der Waals surface area contributed by atoms with Crippen LogP contribution in [0, 0.1) is 0 Å². The van der Waals surface area contributed by atoms with Crippen LogP contribution in [0.4, 0.5) is 0 Å². The summed E-state index contributed by atoms with van der Waals surface area (Å²) in [5.74, 6) is -0.0348. The molecule has 0 spiro atoms. The lowest BCUT2D eigenvalue weighted by Gasteiger charge is -2.31. The summed E-state index contributed by atoms with van der Waals surface area (Å²) in [5.41, 5.74) is 14.6. The highest BCUT2D eigenvalue weighted by Gasteiger charge is 2.35.